The van der Waals surface area contributed by atoms with E-state index in [1.54, 1.807) is 61.7 Å². The molecule has 4 rings (SSSR count). The predicted molar refractivity (Wildman–Crippen MR) is 141 cm³/mol. The van der Waals surface area contributed by atoms with E-state index in [1.165, 1.54) is 23.1 Å². The number of nitrogens with zero attached hydrogens (tertiary/aromatic N) is 1. The van der Waals surface area contributed by atoms with Gasteiger partial charge in [0.2, 0.25) is 0 Å². The van der Waals surface area contributed by atoms with Crippen molar-refractivity contribution in [2.24, 2.45) is 0 Å². The molecule has 3 aromatic carbocycles. The molecule has 36 heavy (non-hydrogen) atoms. The fourth-order valence-electron chi connectivity index (χ4n) is 3.42. The molecule has 1 aliphatic rings. The van der Waals surface area contributed by atoms with Crippen LogP contribution < -0.4 is 19.7 Å². The number of carboxylic acid groups (broad SMARTS) is 1. The monoisotopic (exact) mass is 566 g/mol. The van der Waals surface area contributed by atoms with Crippen LogP contribution in [0.25, 0.3) is 6.08 Å². The molecule has 8 nitrogen and oxygen atoms in total. The van der Waals surface area contributed by atoms with Gasteiger partial charge in [-0.15, -0.1) is 0 Å². The Labute approximate surface area is 220 Å². The zero-order valence-electron chi connectivity index (χ0n) is 18.9. The van der Waals surface area contributed by atoms with Gasteiger partial charge in [-0.2, -0.15) is 0 Å². The van der Waals surface area contributed by atoms with Gasteiger partial charge in [-0.3, -0.25) is 19.8 Å². The van der Waals surface area contributed by atoms with Crippen molar-refractivity contribution in [1.82, 2.24) is 5.32 Å². The third kappa shape index (κ3) is 5.45. The SMILES string of the molecule is COc1ccc(N2C(=O)/C(=C/c3ccc(OCc4ccc(C(=O)O)cc4)c(Br)c3)C(=O)NC2=S)cc1. The smallest absolute Gasteiger partial charge is 0.335 e. The van der Waals surface area contributed by atoms with Crippen molar-refractivity contribution in [3.63, 3.8) is 0 Å². The van der Waals surface area contributed by atoms with Gasteiger partial charge in [0.05, 0.1) is 22.8 Å². The average Bonchev–Trinajstić information content (AvgIpc) is 2.86. The lowest BCUT2D eigenvalue weighted by molar-refractivity contribution is -0.122. The maximum absolute atomic E-state index is 13.2. The van der Waals surface area contributed by atoms with Gasteiger partial charge < -0.3 is 14.6 Å². The minimum Gasteiger partial charge on any atom is -0.497 e. The Morgan fingerprint density at radius 3 is 2.39 bits per heavy atom. The van der Waals surface area contributed by atoms with Crippen LogP contribution in [0.1, 0.15) is 21.5 Å². The van der Waals surface area contributed by atoms with Gasteiger partial charge in [0.25, 0.3) is 11.8 Å². The van der Waals surface area contributed by atoms with E-state index in [-0.39, 0.29) is 22.9 Å². The summed E-state index contributed by atoms with van der Waals surface area (Å²) in [6, 6.07) is 18.3. The Balaban J connectivity index is 1.52. The number of carboxylic acids is 1. The van der Waals surface area contributed by atoms with Gasteiger partial charge in [-0.1, -0.05) is 18.2 Å². The van der Waals surface area contributed by atoms with Gasteiger partial charge in [-0.25, -0.2) is 4.79 Å². The Hall–Kier alpha value is -4.02. The normalized spacial score (nSPS) is 14.6. The highest BCUT2D eigenvalue weighted by molar-refractivity contribution is 9.10. The number of carbonyl (C=O) groups excluding carboxylic acids is 2. The van der Waals surface area contributed by atoms with E-state index in [4.69, 9.17) is 26.8 Å². The number of anilines is 1. The third-order valence-electron chi connectivity index (χ3n) is 5.29. The fraction of sp³-hybridized carbons (Fsp3) is 0.0769. The van der Waals surface area contributed by atoms with Crippen LogP contribution in [0.15, 0.2) is 76.8 Å². The summed E-state index contributed by atoms with van der Waals surface area (Å²) >= 11 is 8.69. The summed E-state index contributed by atoms with van der Waals surface area (Å²) in [6.45, 7) is 0.230. The molecule has 10 heteroatoms. The second kappa shape index (κ2) is 10.7. The van der Waals surface area contributed by atoms with Gasteiger partial charge in [-0.05, 0) is 93.9 Å². The first-order valence-corrected chi connectivity index (χ1v) is 11.8. The minimum atomic E-state index is -0.992. The molecule has 182 valence electrons. The first-order valence-electron chi connectivity index (χ1n) is 10.6. The maximum Gasteiger partial charge on any atom is 0.335 e. The number of rotatable bonds is 7. The molecule has 0 unspecified atom stereocenters. The Morgan fingerprint density at radius 1 is 1.08 bits per heavy atom. The second-order valence-electron chi connectivity index (χ2n) is 7.64. The number of hydrogen-bond donors (Lipinski definition) is 2. The van der Waals surface area contributed by atoms with Crippen molar-refractivity contribution in [1.29, 1.82) is 0 Å². The van der Waals surface area contributed by atoms with Crippen LogP contribution in [0.5, 0.6) is 11.5 Å². The van der Waals surface area contributed by atoms with Crippen molar-refractivity contribution in [3.05, 3.63) is 93.5 Å². The number of halogens is 1. The maximum atomic E-state index is 13.2. The topological polar surface area (TPSA) is 105 Å². The van der Waals surface area contributed by atoms with Gasteiger partial charge in [0.1, 0.15) is 23.7 Å². The largest absolute Gasteiger partial charge is 0.497 e. The predicted octanol–water partition coefficient (Wildman–Crippen LogP) is 4.57. The molecule has 0 bridgehead atoms. The van der Waals surface area contributed by atoms with Crippen molar-refractivity contribution in [3.8, 4) is 11.5 Å². The van der Waals surface area contributed by atoms with Crippen LogP contribution in [-0.4, -0.2) is 35.1 Å². The second-order valence-corrected chi connectivity index (χ2v) is 8.88. The van der Waals surface area contributed by atoms with Crippen molar-refractivity contribution < 1.29 is 29.0 Å². The Kier molecular flexibility index (Phi) is 7.47. The number of ether oxygens (including phenoxy) is 2. The van der Waals surface area contributed by atoms with Crippen molar-refractivity contribution >= 4 is 62.8 Å². The molecule has 0 atom stereocenters. The molecule has 0 spiro atoms. The standard InChI is InChI=1S/C26H19BrN2O6S/c1-34-19-9-7-18(8-10-19)29-24(31)20(23(30)28-26(29)36)12-16-4-11-22(21(27)13-16)35-14-15-2-5-17(6-3-15)25(32)33/h2-13H,14H2,1H3,(H,32,33)(H,28,30,36)/b20-12+. The molecule has 1 fully saturated rings. The molecule has 3 aromatic rings. The van der Waals surface area contributed by atoms with E-state index < -0.39 is 17.8 Å². The summed E-state index contributed by atoms with van der Waals surface area (Å²) in [7, 11) is 1.54. The summed E-state index contributed by atoms with van der Waals surface area (Å²) in [5.41, 5.74) is 2.03. The highest BCUT2D eigenvalue weighted by atomic mass is 79.9. The van der Waals surface area contributed by atoms with Crippen LogP contribution in [0.2, 0.25) is 0 Å². The number of nitrogens with one attached hydrogen (secondary N) is 1. The zero-order valence-corrected chi connectivity index (χ0v) is 21.3. The molecule has 2 amide bonds. The summed E-state index contributed by atoms with van der Waals surface area (Å²) in [4.78, 5) is 38.0. The lowest BCUT2D eigenvalue weighted by atomic mass is 10.1. The van der Waals surface area contributed by atoms with E-state index in [2.05, 4.69) is 21.2 Å². The molecule has 1 heterocycles. The van der Waals surface area contributed by atoms with Gasteiger partial charge >= 0.3 is 5.97 Å². The van der Waals surface area contributed by atoms with E-state index in [9.17, 15) is 14.4 Å². The molecule has 1 saturated heterocycles. The van der Waals surface area contributed by atoms with Crippen LogP contribution in [0.3, 0.4) is 0 Å². The van der Waals surface area contributed by atoms with Crippen molar-refractivity contribution in [2.75, 3.05) is 12.0 Å². The lowest BCUT2D eigenvalue weighted by Crippen LogP contribution is -2.54. The van der Waals surface area contributed by atoms with Crippen LogP contribution >= 0.6 is 28.1 Å². The van der Waals surface area contributed by atoms with Crippen molar-refractivity contribution in [2.45, 2.75) is 6.61 Å². The molecular weight excluding hydrogens is 548 g/mol. The molecule has 1 aliphatic heterocycles. The molecule has 0 saturated carbocycles. The molecular formula is C26H19BrN2O6S. The number of carbonyl (C=O) groups is 3. The number of thiocarbonyl (C=S) groups is 1. The van der Waals surface area contributed by atoms with Gasteiger partial charge in [0, 0.05) is 0 Å². The van der Waals surface area contributed by atoms with E-state index in [0.29, 0.717) is 27.2 Å². The summed E-state index contributed by atoms with van der Waals surface area (Å²) in [5.74, 6) is -0.960. The van der Waals surface area contributed by atoms with Gasteiger partial charge in [0.15, 0.2) is 5.11 Å². The quantitative estimate of drug-likeness (QED) is 0.245. The highest BCUT2D eigenvalue weighted by Crippen LogP contribution is 2.29. The average molecular weight is 567 g/mol. The minimum absolute atomic E-state index is 0.00590. The lowest BCUT2D eigenvalue weighted by Gasteiger charge is -2.29. The van der Waals surface area contributed by atoms with E-state index in [0.717, 1.165) is 5.56 Å². The summed E-state index contributed by atoms with van der Waals surface area (Å²) in [6.07, 6.45) is 1.48. The fourth-order valence-corrected chi connectivity index (χ4v) is 4.21. The van der Waals surface area contributed by atoms with E-state index >= 15 is 0 Å². The number of methoxy groups -OCH3 is 1. The number of aromatic carboxylic acids is 1. The van der Waals surface area contributed by atoms with Crippen LogP contribution in [0, 0.1) is 0 Å². The molecule has 0 radical (unpaired) electrons. The molecule has 0 aromatic heterocycles. The van der Waals surface area contributed by atoms with Crippen LogP contribution in [0.4, 0.5) is 5.69 Å². The Bertz CT molecular complexity index is 1390. The number of hydrogen-bond acceptors (Lipinski definition) is 6. The number of amides is 2. The molecule has 2 N–H and O–H groups in total. The van der Waals surface area contributed by atoms with E-state index in [1.807, 2.05) is 0 Å². The summed E-state index contributed by atoms with van der Waals surface area (Å²) in [5, 5.41) is 11.6. The zero-order chi connectivity index (χ0) is 25.8. The third-order valence-corrected chi connectivity index (χ3v) is 6.20. The molecule has 0 aliphatic carbocycles. The number of benzene rings is 3. The summed E-state index contributed by atoms with van der Waals surface area (Å²) < 4.78 is 11.6. The first kappa shape index (κ1) is 25.1. The highest BCUT2D eigenvalue weighted by Gasteiger charge is 2.34. The Morgan fingerprint density at radius 2 is 1.78 bits per heavy atom. The first-order chi connectivity index (χ1) is 17.3. The van der Waals surface area contributed by atoms with Crippen LogP contribution in [-0.2, 0) is 16.2 Å².